The summed E-state index contributed by atoms with van der Waals surface area (Å²) >= 11 is 0. The zero-order valence-electron chi connectivity index (χ0n) is 16.9. The van der Waals surface area contributed by atoms with Crippen LogP contribution in [0.3, 0.4) is 0 Å². The number of carbonyl (C=O) groups is 2. The molecule has 1 aromatic carbocycles. The van der Waals surface area contributed by atoms with Crippen molar-refractivity contribution >= 4 is 18.0 Å². The van der Waals surface area contributed by atoms with Gasteiger partial charge in [0.15, 0.2) is 11.5 Å². The maximum absolute atomic E-state index is 11.8. The lowest BCUT2D eigenvalue weighted by Gasteiger charge is -2.17. The molecule has 0 unspecified atom stereocenters. The summed E-state index contributed by atoms with van der Waals surface area (Å²) in [6, 6.07) is 3.44. The van der Waals surface area contributed by atoms with Crippen LogP contribution in [-0.2, 0) is 16.1 Å². The van der Waals surface area contributed by atoms with Gasteiger partial charge in [-0.05, 0) is 25.3 Å². The summed E-state index contributed by atoms with van der Waals surface area (Å²) in [5.74, 6) is -0.582. The summed E-state index contributed by atoms with van der Waals surface area (Å²) in [5.41, 5.74) is 1.96. The first-order valence-corrected chi connectivity index (χ1v) is 8.61. The molecule has 0 aliphatic carbocycles. The fourth-order valence-corrected chi connectivity index (χ4v) is 3.04. The van der Waals surface area contributed by atoms with Crippen molar-refractivity contribution in [2.24, 2.45) is 0 Å². The van der Waals surface area contributed by atoms with Crippen LogP contribution in [0.1, 0.15) is 21.7 Å². The molecule has 0 bridgehead atoms. The molecule has 0 atom stereocenters. The third-order valence-electron chi connectivity index (χ3n) is 4.24. The molecule has 29 heavy (non-hydrogen) atoms. The van der Waals surface area contributed by atoms with E-state index in [1.807, 2.05) is 0 Å². The summed E-state index contributed by atoms with van der Waals surface area (Å²) in [6.45, 7) is 0.346. The Morgan fingerprint density at radius 2 is 1.79 bits per heavy atom. The van der Waals surface area contributed by atoms with E-state index < -0.39 is 11.9 Å². The highest BCUT2D eigenvalue weighted by molar-refractivity contribution is 5.99. The first-order valence-electron chi connectivity index (χ1n) is 8.61. The summed E-state index contributed by atoms with van der Waals surface area (Å²) in [7, 11) is 7.45. The van der Waals surface area contributed by atoms with Gasteiger partial charge in [-0.1, -0.05) is 0 Å². The number of aromatic nitrogens is 1. The monoisotopic (exact) mass is 404 g/mol. The van der Waals surface area contributed by atoms with Gasteiger partial charge in [0.1, 0.15) is 5.69 Å². The van der Waals surface area contributed by atoms with Crippen molar-refractivity contribution in [1.82, 2.24) is 10.3 Å². The Hall–Kier alpha value is -3.46. The highest BCUT2D eigenvalue weighted by Gasteiger charge is 2.26. The number of rotatable bonds is 9. The topological polar surface area (TPSA) is 119 Å². The molecule has 0 spiro atoms. The van der Waals surface area contributed by atoms with Crippen molar-refractivity contribution in [3.63, 3.8) is 0 Å². The molecule has 0 radical (unpaired) electrons. The minimum absolute atomic E-state index is 0.0674. The quantitative estimate of drug-likeness (QED) is 0.430. The normalized spacial score (nSPS) is 10.8. The van der Waals surface area contributed by atoms with Crippen LogP contribution in [0, 0.1) is 0 Å². The molecule has 0 aliphatic heterocycles. The molecule has 9 nitrogen and oxygen atoms in total. The summed E-state index contributed by atoms with van der Waals surface area (Å²) in [4.78, 5) is 26.4. The zero-order valence-corrected chi connectivity index (χ0v) is 16.9. The Bertz CT molecular complexity index is 931. The van der Waals surface area contributed by atoms with Gasteiger partial charge in [-0.2, -0.15) is 0 Å². The van der Waals surface area contributed by atoms with Crippen molar-refractivity contribution in [3.05, 3.63) is 35.2 Å². The number of carboxylic acid groups (broad SMARTS) is 1. The molecule has 9 heteroatoms. The van der Waals surface area contributed by atoms with Crippen LogP contribution >= 0.6 is 0 Å². The molecule has 1 aromatic heterocycles. The number of esters is 1. The van der Waals surface area contributed by atoms with Crippen LogP contribution in [0.15, 0.2) is 18.2 Å². The number of hydrogen-bond acceptors (Lipinski definition) is 7. The van der Waals surface area contributed by atoms with Crippen molar-refractivity contribution in [2.45, 2.75) is 6.54 Å². The van der Waals surface area contributed by atoms with Crippen LogP contribution in [0.4, 0.5) is 0 Å². The van der Waals surface area contributed by atoms with Crippen LogP contribution < -0.4 is 19.5 Å². The van der Waals surface area contributed by atoms with Gasteiger partial charge in [0.05, 0.1) is 28.4 Å². The lowest BCUT2D eigenvalue weighted by molar-refractivity contribution is -0.134. The van der Waals surface area contributed by atoms with Gasteiger partial charge in [-0.25, -0.2) is 9.59 Å². The number of aromatic amines is 1. The van der Waals surface area contributed by atoms with Gasteiger partial charge in [-0.15, -0.1) is 0 Å². The number of H-pyrrole nitrogens is 1. The Balaban J connectivity index is 2.88. The Kier molecular flexibility index (Phi) is 7.27. The molecule has 0 fully saturated rings. The largest absolute Gasteiger partial charge is 0.493 e. The van der Waals surface area contributed by atoms with Gasteiger partial charge < -0.3 is 34.4 Å². The van der Waals surface area contributed by atoms with Gasteiger partial charge in [0.2, 0.25) is 5.75 Å². The van der Waals surface area contributed by atoms with Crippen LogP contribution in [-0.4, -0.2) is 57.5 Å². The summed E-state index contributed by atoms with van der Waals surface area (Å²) in [6.07, 6.45) is 2.56. The number of nitrogens with one attached hydrogen (secondary N) is 2. The number of carboxylic acids is 1. The first-order chi connectivity index (χ1) is 13.9. The smallest absolute Gasteiger partial charge is 0.352 e. The maximum Gasteiger partial charge on any atom is 0.352 e. The molecular formula is C20H24N2O7. The fourth-order valence-electron chi connectivity index (χ4n) is 3.04. The Morgan fingerprint density at radius 1 is 1.10 bits per heavy atom. The van der Waals surface area contributed by atoms with E-state index >= 15 is 0 Å². The SMILES string of the molecule is CNCc1[nH]c(C(=O)O)c(C=CC(=O)OC)c1-c1ccc(OC)c(OC)c1OC. The van der Waals surface area contributed by atoms with Crippen LogP contribution in [0.2, 0.25) is 0 Å². The molecule has 156 valence electrons. The van der Waals surface area contributed by atoms with Gasteiger partial charge >= 0.3 is 11.9 Å². The van der Waals surface area contributed by atoms with E-state index in [2.05, 4.69) is 15.0 Å². The molecule has 0 amide bonds. The van der Waals surface area contributed by atoms with E-state index in [-0.39, 0.29) is 5.69 Å². The number of hydrogen-bond donors (Lipinski definition) is 3. The summed E-state index contributed by atoms with van der Waals surface area (Å²) < 4.78 is 21.0. The van der Waals surface area contributed by atoms with E-state index in [1.54, 1.807) is 19.2 Å². The molecule has 0 saturated heterocycles. The molecule has 2 aromatic rings. The fraction of sp³-hybridized carbons (Fsp3) is 0.300. The second-order valence-corrected chi connectivity index (χ2v) is 5.84. The lowest BCUT2D eigenvalue weighted by atomic mass is 9.97. The van der Waals surface area contributed by atoms with Crippen LogP contribution in [0.25, 0.3) is 17.2 Å². The number of aromatic carboxylic acids is 1. The highest BCUT2D eigenvalue weighted by Crippen LogP contribution is 2.46. The summed E-state index contributed by atoms with van der Waals surface area (Å²) in [5, 5.41) is 12.7. The molecular weight excluding hydrogens is 380 g/mol. The minimum atomic E-state index is -1.17. The van der Waals surface area contributed by atoms with Gasteiger partial charge in [-0.3, -0.25) is 0 Å². The minimum Gasteiger partial charge on any atom is -0.493 e. The van der Waals surface area contributed by atoms with Crippen molar-refractivity contribution in [1.29, 1.82) is 0 Å². The standard InChI is InChI=1S/C20H24N2O7/c1-21-10-13-16(11(7-9-15(23)27-3)17(22-13)20(24)25)12-6-8-14(26-2)19(29-5)18(12)28-4/h6-9,21-22H,10H2,1-5H3,(H,24,25). The molecule has 2 rings (SSSR count). The molecule has 0 aliphatic rings. The second kappa shape index (κ2) is 9.65. The second-order valence-electron chi connectivity index (χ2n) is 5.84. The molecule has 3 N–H and O–H groups in total. The number of ether oxygens (including phenoxy) is 4. The van der Waals surface area contributed by atoms with Crippen molar-refractivity contribution < 1.29 is 33.6 Å². The van der Waals surface area contributed by atoms with E-state index in [0.717, 1.165) is 6.08 Å². The van der Waals surface area contributed by atoms with E-state index in [1.165, 1.54) is 34.5 Å². The van der Waals surface area contributed by atoms with Gasteiger partial charge in [0.25, 0.3) is 0 Å². The first kappa shape index (κ1) is 21.8. The third kappa shape index (κ3) is 4.35. The number of carbonyl (C=O) groups excluding carboxylic acids is 1. The van der Waals surface area contributed by atoms with E-state index in [4.69, 9.17) is 14.2 Å². The Morgan fingerprint density at radius 3 is 2.31 bits per heavy atom. The average Bonchev–Trinajstić information content (AvgIpc) is 3.09. The molecule has 0 saturated carbocycles. The average molecular weight is 404 g/mol. The number of methoxy groups -OCH3 is 4. The predicted octanol–water partition coefficient (Wildman–Crippen LogP) is 2.31. The van der Waals surface area contributed by atoms with Crippen molar-refractivity contribution in [2.75, 3.05) is 35.5 Å². The molecule has 1 heterocycles. The Labute approximate surface area is 168 Å². The van der Waals surface area contributed by atoms with Crippen molar-refractivity contribution in [3.8, 4) is 28.4 Å². The van der Waals surface area contributed by atoms with E-state index in [0.29, 0.717) is 46.2 Å². The van der Waals surface area contributed by atoms with Crippen LogP contribution in [0.5, 0.6) is 17.2 Å². The zero-order chi connectivity index (χ0) is 21.6. The lowest BCUT2D eigenvalue weighted by Crippen LogP contribution is -2.07. The number of benzene rings is 1. The third-order valence-corrected chi connectivity index (χ3v) is 4.24. The van der Waals surface area contributed by atoms with Gasteiger partial charge in [0, 0.05) is 35.0 Å². The maximum atomic E-state index is 11.8. The predicted molar refractivity (Wildman–Crippen MR) is 107 cm³/mol. The van der Waals surface area contributed by atoms with E-state index in [9.17, 15) is 14.7 Å². The highest BCUT2D eigenvalue weighted by atomic mass is 16.5.